The van der Waals surface area contributed by atoms with Crippen LogP contribution < -0.4 is 5.32 Å². The Morgan fingerprint density at radius 3 is 2.57 bits per heavy atom. The van der Waals surface area contributed by atoms with Crippen LogP contribution in [-0.4, -0.2) is 30.4 Å². The number of aromatic nitrogens is 2. The molecule has 0 saturated carbocycles. The zero-order valence-corrected chi connectivity index (χ0v) is 17.2. The van der Waals surface area contributed by atoms with Crippen molar-refractivity contribution in [1.82, 2.24) is 14.9 Å². The zero-order valence-electron chi connectivity index (χ0n) is 16.4. The number of sulfone groups is 1. The number of carbonyl (C=O) groups excluding carboxylic acids is 1. The molecule has 0 spiro atoms. The minimum absolute atomic E-state index is 0.0838. The van der Waals surface area contributed by atoms with E-state index >= 15 is 0 Å². The largest absolute Gasteiger partial charge is 0.455 e. The predicted molar refractivity (Wildman–Crippen MR) is 113 cm³/mol. The van der Waals surface area contributed by atoms with E-state index in [2.05, 4.69) is 10.3 Å². The van der Waals surface area contributed by atoms with Crippen LogP contribution in [0.15, 0.2) is 76.0 Å². The Balaban J connectivity index is 1.38. The van der Waals surface area contributed by atoms with Crippen molar-refractivity contribution in [1.29, 1.82) is 0 Å². The van der Waals surface area contributed by atoms with Gasteiger partial charge in [0.2, 0.25) is 0 Å². The number of furan rings is 1. The SMILES string of the molecule is Cc1nc2ccccc2n1CCNC(=O)c1ccc(CS(=O)(=O)c2ccccc2)o1. The first kappa shape index (κ1) is 19.9. The molecule has 2 heterocycles. The molecule has 0 aliphatic rings. The lowest BCUT2D eigenvalue weighted by Gasteiger charge is -2.08. The first-order valence-electron chi connectivity index (χ1n) is 9.50. The molecule has 7 nitrogen and oxygen atoms in total. The first-order valence-corrected chi connectivity index (χ1v) is 11.2. The molecule has 2 aromatic carbocycles. The molecular weight excluding hydrogens is 402 g/mol. The van der Waals surface area contributed by atoms with Crippen molar-refractivity contribution in [2.24, 2.45) is 0 Å². The quantitative estimate of drug-likeness (QED) is 0.492. The van der Waals surface area contributed by atoms with E-state index in [1.165, 1.54) is 24.3 Å². The molecule has 2 aromatic heterocycles. The van der Waals surface area contributed by atoms with Gasteiger partial charge in [-0.25, -0.2) is 13.4 Å². The number of para-hydroxylation sites is 2. The number of rotatable bonds is 7. The molecule has 4 rings (SSSR count). The summed E-state index contributed by atoms with van der Waals surface area (Å²) in [4.78, 5) is 17.1. The molecule has 0 atom stereocenters. The highest BCUT2D eigenvalue weighted by Crippen LogP contribution is 2.18. The monoisotopic (exact) mass is 423 g/mol. The summed E-state index contributed by atoms with van der Waals surface area (Å²) in [5.74, 6) is 0.489. The number of nitrogens with zero attached hydrogens (tertiary/aromatic N) is 2. The number of carbonyl (C=O) groups is 1. The molecule has 0 bridgehead atoms. The van der Waals surface area contributed by atoms with Crippen LogP contribution >= 0.6 is 0 Å². The van der Waals surface area contributed by atoms with E-state index in [0.29, 0.717) is 13.1 Å². The molecule has 0 unspecified atom stereocenters. The zero-order chi connectivity index (χ0) is 21.1. The van der Waals surface area contributed by atoms with Crippen LogP contribution in [0.2, 0.25) is 0 Å². The van der Waals surface area contributed by atoms with Crippen molar-refractivity contribution in [3.63, 3.8) is 0 Å². The summed E-state index contributed by atoms with van der Waals surface area (Å²) in [6.07, 6.45) is 0. The van der Waals surface area contributed by atoms with Crippen LogP contribution in [0.25, 0.3) is 11.0 Å². The first-order chi connectivity index (χ1) is 14.4. The highest BCUT2D eigenvalue weighted by molar-refractivity contribution is 7.90. The van der Waals surface area contributed by atoms with Crippen LogP contribution in [-0.2, 0) is 22.1 Å². The maximum atomic E-state index is 12.5. The number of hydrogen-bond acceptors (Lipinski definition) is 5. The Labute approximate surface area is 174 Å². The van der Waals surface area contributed by atoms with Gasteiger partial charge in [-0.1, -0.05) is 30.3 Å². The molecule has 0 radical (unpaired) electrons. The number of aryl methyl sites for hydroxylation is 1. The average molecular weight is 423 g/mol. The smallest absolute Gasteiger partial charge is 0.287 e. The van der Waals surface area contributed by atoms with Crippen LogP contribution in [0.4, 0.5) is 0 Å². The van der Waals surface area contributed by atoms with Gasteiger partial charge in [0.05, 0.1) is 15.9 Å². The van der Waals surface area contributed by atoms with Crippen LogP contribution in [0, 0.1) is 6.92 Å². The summed E-state index contributed by atoms with van der Waals surface area (Å²) in [6.45, 7) is 2.88. The number of imidazole rings is 1. The van der Waals surface area contributed by atoms with Gasteiger partial charge >= 0.3 is 0 Å². The average Bonchev–Trinajstić information content (AvgIpc) is 3.32. The van der Waals surface area contributed by atoms with E-state index in [9.17, 15) is 13.2 Å². The third-order valence-electron chi connectivity index (χ3n) is 4.79. The van der Waals surface area contributed by atoms with Gasteiger partial charge in [-0.05, 0) is 43.3 Å². The van der Waals surface area contributed by atoms with Crippen LogP contribution in [0.5, 0.6) is 0 Å². The standard InChI is InChI=1S/C22H21N3O4S/c1-16-24-19-9-5-6-10-20(19)25(16)14-13-23-22(26)21-12-11-17(29-21)15-30(27,28)18-7-3-2-4-8-18/h2-12H,13-15H2,1H3,(H,23,26). The van der Waals surface area contributed by atoms with Crippen molar-refractivity contribution < 1.29 is 17.6 Å². The van der Waals surface area contributed by atoms with Crippen LogP contribution in [0.3, 0.4) is 0 Å². The molecule has 0 aliphatic carbocycles. The molecule has 1 N–H and O–H groups in total. The van der Waals surface area contributed by atoms with E-state index in [1.807, 2.05) is 35.8 Å². The fourth-order valence-electron chi connectivity index (χ4n) is 3.32. The molecule has 154 valence electrons. The second kappa shape index (κ2) is 8.16. The predicted octanol–water partition coefficient (Wildman–Crippen LogP) is 3.34. The van der Waals surface area contributed by atoms with Crippen molar-refractivity contribution in [2.75, 3.05) is 6.54 Å². The molecule has 1 amide bonds. The van der Waals surface area contributed by atoms with Crippen LogP contribution in [0.1, 0.15) is 22.1 Å². The summed E-state index contributed by atoms with van der Waals surface area (Å²) in [5.41, 5.74) is 1.92. The van der Waals surface area contributed by atoms with Crippen molar-refractivity contribution in [3.8, 4) is 0 Å². The molecule has 0 fully saturated rings. The Kier molecular flexibility index (Phi) is 5.41. The molecular formula is C22H21N3O4S. The topological polar surface area (TPSA) is 94.2 Å². The maximum Gasteiger partial charge on any atom is 0.287 e. The number of benzene rings is 2. The normalized spacial score (nSPS) is 11.6. The summed E-state index contributed by atoms with van der Waals surface area (Å²) in [5, 5.41) is 2.81. The third-order valence-corrected chi connectivity index (χ3v) is 6.44. The number of hydrogen-bond donors (Lipinski definition) is 1. The highest BCUT2D eigenvalue weighted by atomic mass is 32.2. The number of fused-ring (bicyclic) bond motifs is 1. The van der Waals surface area contributed by atoms with E-state index in [1.54, 1.807) is 18.2 Å². The van der Waals surface area contributed by atoms with Gasteiger partial charge in [0, 0.05) is 13.1 Å². The molecule has 8 heteroatoms. The third kappa shape index (κ3) is 4.13. The fourth-order valence-corrected chi connectivity index (χ4v) is 4.59. The number of amides is 1. The van der Waals surface area contributed by atoms with Gasteiger partial charge in [-0.3, -0.25) is 4.79 Å². The van der Waals surface area contributed by atoms with Gasteiger partial charge in [-0.15, -0.1) is 0 Å². The molecule has 4 aromatic rings. The summed E-state index contributed by atoms with van der Waals surface area (Å²) in [7, 11) is -3.53. The lowest BCUT2D eigenvalue weighted by Crippen LogP contribution is -2.27. The summed E-state index contributed by atoms with van der Waals surface area (Å²) in [6, 6.07) is 19.0. The maximum absolute atomic E-state index is 12.5. The van der Waals surface area contributed by atoms with Gasteiger partial charge in [0.1, 0.15) is 17.3 Å². The van der Waals surface area contributed by atoms with Crippen molar-refractivity contribution in [3.05, 3.63) is 84.1 Å². The lowest BCUT2D eigenvalue weighted by molar-refractivity contribution is 0.0923. The summed E-state index contributed by atoms with van der Waals surface area (Å²) >= 11 is 0. The Morgan fingerprint density at radius 1 is 1.03 bits per heavy atom. The van der Waals surface area contributed by atoms with E-state index < -0.39 is 9.84 Å². The van der Waals surface area contributed by atoms with E-state index in [4.69, 9.17) is 4.42 Å². The van der Waals surface area contributed by atoms with Gasteiger partial charge in [-0.2, -0.15) is 0 Å². The Bertz CT molecular complexity index is 1290. The second-order valence-electron chi connectivity index (χ2n) is 6.89. The van der Waals surface area contributed by atoms with E-state index in [0.717, 1.165) is 16.9 Å². The van der Waals surface area contributed by atoms with Gasteiger partial charge < -0.3 is 14.3 Å². The van der Waals surface area contributed by atoms with Gasteiger partial charge in [0.25, 0.3) is 5.91 Å². The number of nitrogens with one attached hydrogen (secondary N) is 1. The minimum Gasteiger partial charge on any atom is -0.455 e. The Morgan fingerprint density at radius 2 is 1.77 bits per heavy atom. The second-order valence-corrected chi connectivity index (χ2v) is 8.88. The van der Waals surface area contributed by atoms with Crippen molar-refractivity contribution in [2.45, 2.75) is 24.1 Å². The fraction of sp³-hybridized carbons (Fsp3) is 0.182. The highest BCUT2D eigenvalue weighted by Gasteiger charge is 2.19. The molecule has 0 saturated heterocycles. The van der Waals surface area contributed by atoms with Crippen molar-refractivity contribution >= 4 is 26.8 Å². The Hall–Kier alpha value is -3.39. The molecule has 30 heavy (non-hydrogen) atoms. The summed E-state index contributed by atoms with van der Waals surface area (Å²) < 4.78 is 32.4. The molecule has 0 aliphatic heterocycles. The van der Waals surface area contributed by atoms with E-state index in [-0.39, 0.29) is 28.1 Å². The minimum atomic E-state index is -3.53. The lowest BCUT2D eigenvalue weighted by atomic mass is 10.3. The van der Waals surface area contributed by atoms with Gasteiger partial charge in [0.15, 0.2) is 15.6 Å².